The Bertz CT molecular complexity index is 1440. The predicted molar refractivity (Wildman–Crippen MR) is 134 cm³/mol. The summed E-state index contributed by atoms with van der Waals surface area (Å²) in [6.07, 6.45) is 4.55. The summed E-state index contributed by atoms with van der Waals surface area (Å²) in [6, 6.07) is 6.81. The van der Waals surface area contributed by atoms with E-state index in [-0.39, 0.29) is 17.2 Å². The molecule has 6 rings (SSSR count). The number of nitrogens with one attached hydrogen (secondary N) is 1. The number of pyridine rings is 1. The van der Waals surface area contributed by atoms with Crippen molar-refractivity contribution in [2.45, 2.75) is 32.2 Å². The van der Waals surface area contributed by atoms with Crippen molar-refractivity contribution in [2.24, 2.45) is 5.84 Å². The highest BCUT2D eigenvalue weighted by molar-refractivity contribution is 5.83. The van der Waals surface area contributed by atoms with Gasteiger partial charge in [0, 0.05) is 43.7 Å². The van der Waals surface area contributed by atoms with Crippen LogP contribution in [0.2, 0.25) is 0 Å². The van der Waals surface area contributed by atoms with Gasteiger partial charge in [-0.15, -0.1) is 0 Å². The molecule has 0 bridgehead atoms. The third-order valence-electron chi connectivity index (χ3n) is 7.03. The molecular formula is C25H27F2N9. The van der Waals surface area contributed by atoms with E-state index >= 15 is 4.39 Å². The average Bonchev–Trinajstić information content (AvgIpc) is 3.39. The maximum Gasteiger partial charge on any atom is 0.229 e. The monoisotopic (exact) mass is 491 g/mol. The van der Waals surface area contributed by atoms with Gasteiger partial charge in [-0.25, -0.2) is 33.7 Å². The molecule has 0 unspecified atom stereocenters. The highest BCUT2D eigenvalue weighted by Gasteiger charge is 2.33. The van der Waals surface area contributed by atoms with E-state index in [1.54, 1.807) is 17.3 Å². The first kappa shape index (κ1) is 22.7. The van der Waals surface area contributed by atoms with E-state index in [4.69, 9.17) is 5.84 Å². The second kappa shape index (κ2) is 8.45. The van der Waals surface area contributed by atoms with Crippen molar-refractivity contribution < 1.29 is 8.78 Å². The Hall–Kier alpha value is -3.70. The molecule has 36 heavy (non-hydrogen) atoms. The van der Waals surface area contributed by atoms with E-state index in [0.29, 0.717) is 22.4 Å². The van der Waals surface area contributed by atoms with Crippen molar-refractivity contribution >= 4 is 28.5 Å². The van der Waals surface area contributed by atoms with Crippen LogP contribution in [-0.2, 0) is 12.0 Å². The number of hydrogen-bond acceptors (Lipinski definition) is 8. The van der Waals surface area contributed by atoms with Crippen molar-refractivity contribution in [1.82, 2.24) is 29.5 Å². The van der Waals surface area contributed by atoms with Crippen LogP contribution in [0.3, 0.4) is 0 Å². The van der Waals surface area contributed by atoms with Gasteiger partial charge in [0.1, 0.15) is 22.9 Å². The van der Waals surface area contributed by atoms with Gasteiger partial charge in [-0.2, -0.15) is 0 Å². The molecular weight excluding hydrogens is 464 g/mol. The lowest BCUT2D eigenvalue weighted by molar-refractivity contribution is 0.266. The molecule has 11 heteroatoms. The van der Waals surface area contributed by atoms with Gasteiger partial charge in [-0.05, 0) is 44.5 Å². The average molecular weight is 492 g/mol. The third-order valence-corrected chi connectivity index (χ3v) is 7.03. The second-order valence-corrected chi connectivity index (χ2v) is 9.94. The quantitative estimate of drug-likeness (QED) is 0.418. The van der Waals surface area contributed by atoms with Gasteiger partial charge in [0.25, 0.3) is 0 Å². The Labute approximate surface area is 207 Å². The van der Waals surface area contributed by atoms with E-state index in [9.17, 15) is 4.39 Å². The Morgan fingerprint density at radius 2 is 1.78 bits per heavy atom. The standard InChI is InChI=1S/C25H27F2N9/c1-25(2)6-5-21-32-23-17(26)11-15(12-19(23)36(21)25)22-18(27)14-30-24(33-22)31-20-4-3-16(13-29-20)34-7-9-35(28)10-8-34/h3-4,11-14H,5-10,28H2,1-2H3,(H,29,30,31,33). The topological polar surface area (TPSA) is 101 Å². The lowest BCUT2D eigenvalue weighted by Crippen LogP contribution is -2.49. The summed E-state index contributed by atoms with van der Waals surface area (Å²) < 4.78 is 31.9. The highest BCUT2D eigenvalue weighted by atomic mass is 19.1. The van der Waals surface area contributed by atoms with Crippen molar-refractivity contribution in [3.63, 3.8) is 0 Å². The number of fused-ring (bicyclic) bond motifs is 3. The maximum atomic E-state index is 15.0. The Morgan fingerprint density at radius 3 is 2.53 bits per heavy atom. The molecule has 3 aromatic heterocycles. The SMILES string of the molecule is CC1(C)CCc2nc3c(F)cc(-c4nc(Nc5ccc(N6CCN(N)CC6)cn5)ncc4F)cc3n21. The molecule has 1 fully saturated rings. The normalized spacial score (nSPS) is 17.5. The minimum absolute atomic E-state index is 0.0101. The second-order valence-electron chi connectivity index (χ2n) is 9.94. The summed E-state index contributed by atoms with van der Waals surface area (Å²) >= 11 is 0. The molecule has 4 aromatic rings. The zero-order valence-corrected chi connectivity index (χ0v) is 20.2. The lowest BCUT2D eigenvalue weighted by Gasteiger charge is -2.33. The minimum atomic E-state index is -0.637. The fourth-order valence-electron chi connectivity index (χ4n) is 5.06. The van der Waals surface area contributed by atoms with Crippen LogP contribution in [0.15, 0.2) is 36.7 Å². The number of piperazine rings is 1. The van der Waals surface area contributed by atoms with Gasteiger partial charge < -0.3 is 14.8 Å². The molecule has 2 aliphatic rings. The summed E-state index contributed by atoms with van der Waals surface area (Å²) in [4.78, 5) is 19.6. The zero-order valence-electron chi connectivity index (χ0n) is 20.2. The van der Waals surface area contributed by atoms with Crippen LogP contribution in [0.4, 0.5) is 26.2 Å². The largest absolute Gasteiger partial charge is 0.368 e. The number of hydrogen-bond donors (Lipinski definition) is 2. The van der Waals surface area contributed by atoms with E-state index in [1.807, 2.05) is 16.7 Å². The molecule has 2 aliphatic heterocycles. The number of imidazole rings is 1. The van der Waals surface area contributed by atoms with Crippen molar-refractivity contribution in [3.05, 3.63) is 54.1 Å². The number of nitrogens with zero attached hydrogens (tertiary/aromatic N) is 7. The first-order valence-electron chi connectivity index (χ1n) is 12.0. The molecule has 0 amide bonds. The fourth-order valence-corrected chi connectivity index (χ4v) is 5.06. The zero-order chi connectivity index (χ0) is 25.0. The molecule has 1 saturated heterocycles. The van der Waals surface area contributed by atoms with Crippen LogP contribution < -0.4 is 16.1 Å². The Balaban J connectivity index is 1.29. The fraction of sp³-hybridized carbons (Fsp3) is 0.360. The number of halogens is 2. The van der Waals surface area contributed by atoms with Crippen LogP contribution in [-0.4, -0.2) is 55.7 Å². The molecule has 9 nitrogen and oxygen atoms in total. The molecule has 0 atom stereocenters. The van der Waals surface area contributed by atoms with E-state index in [2.05, 4.69) is 44.0 Å². The van der Waals surface area contributed by atoms with Gasteiger partial charge in [0.15, 0.2) is 11.6 Å². The van der Waals surface area contributed by atoms with Crippen molar-refractivity contribution in [2.75, 3.05) is 36.4 Å². The summed E-state index contributed by atoms with van der Waals surface area (Å²) in [5.41, 5.74) is 2.08. The Kier molecular flexibility index (Phi) is 5.34. The number of benzene rings is 1. The number of anilines is 3. The summed E-state index contributed by atoms with van der Waals surface area (Å²) in [7, 11) is 0. The van der Waals surface area contributed by atoms with E-state index in [1.165, 1.54) is 6.07 Å². The van der Waals surface area contributed by atoms with E-state index in [0.717, 1.165) is 56.7 Å². The van der Waals surface area contributed by atoms with Gasteiger partial charge in [-0.3, -0.25) is 5.84 Å². The molecule has 0 aliphatic carbocycles. The van der Waals surface area contributed by atoms with E-state index < -0.39 is 11.6 Å². The number of rotatable bonds is 4. The third kappa shape index (κ3) is 3.94. The van der Waals surface area contributed by atoms with Gasteiger partial charge in [0.05, 0.1) is 23.6 Å². The molecule has 5 heterocycles. The van der Waals surface area contributed by atoms with Crippen molar-refractivity contribution in [1.29, 1.82) is 0 Å². The molecule has 0 radical (unpaired) electrons. The van der Waals surface area contributed by atoms with Crippen LogP contribution >= 0.6 is 0 Å². The van der Waals surface area contributed by atoms with Gasteiger partial charge >= 0.3 is 0 Å². The molecule has 186 valence electrons. The van der Waals surface area contributed by atoms with Crippen LogP contribution in [0, 0.1) is 11.6 Å². The smallest absolute Gasteiger partial charge is 0.229 e. The molecule has 1 aromatic carbocycles. The van der Waals surface area contributed by atoms with Crippen LogP contribution in [0.5, 0.6) is 0 Å². The number of aromatic nitrogens is 5. The summed E-state index contributed by atoms with van der Waals surface area (Å²) in [6.45, 7) is 7.43. The van der Waals surface area contributed by atoms with Crippen molar-refractivity contribution in [3.8, 4) is 11.3 Å². The number of hydrazine groups is 1. The predicted octanol–water partition coefficient (Wildman–Crippen LogP) is 3.59. The highest BCUT2D eigenvalue weighted by Crippen LogP contribution is 2.38. The van der Waals surface area contributed by atoms with Crippen LogP contribution in [0.1, 0.15) is 26.1 Å². The van der Waals surface area contributed by atoms with Crippen LogP contribution in [0.25, 0.3) is 22.3 Å². The first-order valence-corrected chi connectivity index (χ1v) is 12.0. The summed E-state index contributed by atoms with van der Waals surface area (Å²) in [5.74, 6) is 6.23. The number of aryl methyl sites for hydroxylation is 1. The Morgan fingerprint density at radius 1 is 0.972 bits per heavy atom. The molecule has 0 spiro atoms. The number of nitrogens with two attached hydrogens (primary N) is 1. The maximum absolute atomic E-state index is 15.0. The lowest BCUT2D eigenvalue weighted by atomic mass is 10.0. The van der Waals surface area contributed by atoms with Gasteiger partial charge in [0.2, 0.25) is 5.95 Å². The molecule has 0 saturated carbocycles. The minimum Gasteiger partial charge on any atom is -0.368 e. The summed E-state index contributed by atoms with van der Waals surface area (Å²) in [5, 5.41) is 4.82. The first-order chi connectivity index (χ1) is 17.3. The van der Waals surface area contributed by atoms with Gasteiger partial charge in [-0.1, -0.05) is 0 Å². The molecule has 3 N–H and O–H groups in total.